The smallest absolute Gasteiger partial charge is 0.420 e. The van der Waals surface area contributed by atoms with Gasteiger partial charge in [-0.15, -0.1) is 0 Å². The van der Waals surface area contributed by atoms with Gasteiger partial charge in [-0.25, -0.2) is 28.9 Å². The number of carbonyl (C=O) groups excluding carboxylic acids is 8. The van der Waals surface area contributed by atoms with Crippen LogP contribution in [0.15, 0.2) is 41.5 Å². The largest absolute Gasteiger partial charge is 0.454 e. The van der Waals surface area contributed by atoms with Crippen LogP contribution in [0.5, 0.6) is 0 Å². The van der Waals surface area contributed by atoms with E-state index in [1.165, 1.54) is 60.6 Å². The van der Waals surface area contributed by atoms with Crippen molar-refractivity contribution in [3.8, 4) is 0 Å². The van der Waals surface area contributed by atoms with Crippen molar-refractivity contribution in [2.24, 2.45) is 22.7 Å². The average molecular weight is 957 g/mol. The summed E-state index contributed by atoms with van der Waals surface area (Å²) >= 11 is 0. The number of carbonyl (C=O) groups is 8. The number of benzene rings is 1. The molecule has 4 fully saturated rings. The number of rotatable bonds is 9. The van der Waals surface area contributed by atoms with Gasteiger partial charge in [0.2, 0.25) is 0 Å². The fourth-order valence-corrected chi connectivity index (χ4v) is 10.9. The fraction of sp³-hybridized carbons (Fsp3) is 0.667. The molecule has 0 aromatic heterocycles. The van der Waals surface area contributed by atoms with Gasteiger partial charge in [-0.05, 0) is 84.6 Å². The number of esters is 4. The average Bonchev–Trinajstić information content (AvgIpc) is 3.53. The highest BCUT2D eigenvalue weighted by atomic mass is 16.7. The Hall–Kier alpha value is -5.60. The number of hydrogen-bond donors (Lipinski definition) is 3. The quantitative estimate of drug-likeness (QED) is 0.175. The second-order valence-corrected chi connectivity index (χ2v) is 21.3. The number of ketones is 1. The van der Waals surface area contributed by atoms with Gasteiger partial charge in [0.1, 0.15) is 29.5 Å². The van der Waals surface area contributed by atoms with Crippen LogP contribution < -0.4 is 5.32 Å². The summed E-state index contributed by atoms with van der Waals surface area (Å²) in [4.78, 5) is 115. The number of alkyl carbamates (subject to hydrolysis) is 1. The van der Waals surface area contributed by atoms with Crippen molar-refractivity contribution >= 4 is 47.9 Å². The SMILES string of the molecule is CC(=O)O[C@H]1C(=O)[C@@]2(C)[C@H]([C@H](OC(=O)c3ccccc3)[C@]34OC(=O)N(C(=O)OC(C)(C)C)[C@H]3[C@H](OC(=O)[C@H](O)[C@@H](NC(=O)OC(C)(C)C)C(C)C)C(C)=C1C4(C)C)[C@]1(OC(C)=O)CO[C@@H]1C[C@@H]2O. The van der Waals surface area contributed by atoms with Crippen LogP contribution in [0.4, 0.5) is 14.4 Å². The van der Waals surface area contributed by atoms with Gasteiger partial charge in [0, 0.05) is 25.7 Å². The maximum Gasteiger partial charge on any atom is 0.420 e. The zero-order valence-electron chi connectivity index (χ0n) is 40.9. The zero-order chi connectivity index (χ0) is 51.0. The second kappa shape index (κ2) is 17.7. The summed E-state index contributed by atoms with van der Waals surface area (Å²) in [6.45, 7) is 20.0. The number of Topliss-reactive ketones (excluding diaryl/α,β-unsaturated/α-hetero) is 1. The summed E-state index contributed by atoms with van der Waals surface area (Å²) < 4.78 is 48.7. The van der Waals surface area contributed by atoms with Crippen molar-refractivity contribution in [3.05, 3.63) is 47.0 Å². The van der Waals surface area contributed by atoms with Gasteiger partial charge in [-0.3, -0.25) is 14.4 Å². The Balaban J connectivity index is 1.72. The molecule has 3 aliphatic carbocycles. The van der Waals surface area contributed by atoms with Crippen molar-refractivity contribution in [2.45, 2.75) is 174 Å². The number of ether oxygens (including phenoxy) is 8. The van der Waals surface area contributed by atoms with E-state index in [2.05, 4.69) is 5.32 Å². The number of nitrogens with zero attached hydrogens (tertiary/aromatic N) is 1. The van der Waals surface area contributed by atoms with Crippen molar-refractivity contribution < 1.29 is 86.5 Å². The van der Waals surface area contributed by atoms with Gasteiger partial charge in [0.15, 0.2) is 35.3 Å². The number of nitrogens with one attached hydrogen (secondary N) is 1. The van der Waals surface area contributed by atoms with Crippen LogP contribution in [0, 0.1) is 22.7 Å². The van der Waals surface area contributed by atoms with E-state index in [1.807, 2.05) is 0 Å². The minimum absolute atomic E-state index is 0.0372. The molecule has 12 atom stereocenters. The lowest BCUT2D eigenvalue weighted by Crippen LogP contribution is -2.83. The second-order valence-electron chi connectivity index (χ2n) is 21.3. The summed E-state index contributed by atoms with van der Waals surface area (Å²) in [6, 6.07) is 4.24. The first kappa shape index (κ1) is 51.8. The lowest BCUT2D eigenvalue weighted by Gasteiger charge is -2.67. The molecule has 0 unspecified atom stereocenters. The number of fused-ring (bicyclic) bond motifs is 4. The molecule has 374 valence electrons. The molecule has 5 aliphatic rings. The van der Waals surface area contributed by atoms with Crippen molar-refractivity contribution in [2.75, 3.05) is 6.61 Å². The van der Waals surface area contributed by atoms with E-state index < -0.39 is 148 Å². The number of hydrogen-bond acceptors (Lipinski definition) is 18. The van der Waals surface area contributed by atoms with Gasteiger partial charge < -0.3 is 53.4 Å². The lowest BCUT2D eigenvalue weighted by molar-refractivity contribution is -0.345. The Bertz CT molecular complexity index is 2280. The monoisotopic (exact) mass is 956 g/mol. The first-order valence-corrected chi connectivity index (χ1v) is 22.6. The van der Waals surface area contributed by atoms with Crippen molar-refractivity contribution in [1.29, 1.82) is 0 Å². The normalized spacial score (nSPS) is 32.5. The fourth-order valence-electron chi connectivity index (χ4n) is 10.9. The highest BCUT2D eigenvalue weighted by molar-refractivity contribution is 5.97. The van der Waals surface area contributed by atoms with E-state index in [-0.39, 0.29) is 23.1 Å². The molecule has 2 aliphatic heterocycles. The molecule has 3 amide bonds. The molecule has 1 aromatic carbocycles. The van der Waals surface area contributed by atoms with Gasteiger partial charge >= 0.3 is 42.2 Å². The predicted octanol–water partition coefficient (Wildman–Crippen LogP) is 4.49. The van der Waals surface area contributed by atoms with Crippen molar-refractivity contribution in [3.63, 3.8) is 0 Å². The van der Waals surface area contributed by atoms with E-state index >= 15 is 4.79 Å². The molecule has 2 bridgehead atoms. The molecule has 3 N–H and O–H groups in total. The highest BCUT2D eigenvalue weighted by Gasteiger charge is 2.84. The minimum atomic E-state index is -2.59. The van der Waals surface area contributed by atoms with Crippen LogP contribution in [0.3, 0.4) is 0 Å². The molecule has 2 saturated heterocycles. The number of imide groups is 1. The molecule has 20 heteroatoms. The number of aliphatic hydroxyl groups excluding tert-OH is 2. The lowest BCUT2D eigenvalue weighted by atomic mass is 9.44. The van der Waals surface area contributed by atoms with Crippen LogP contribution in [-0.2, 0) is 57.1 Å². The Morgan fingerprint density at radius 2 is 1.49 bits per heavy atom. The molecule has 2 saturated carbocycles. The van der Waals surface area contributed by atoms with Gasteiger partial charge in [0.05, 0.1) is 35.6 Å². The Morgan fingerprint density at radius 1 is 0.882 bits per heavy atom. The first-order valence-electron chi connectivity index (χ1n) is 22.6. The van der Waals surface area contributed by atoms with E-state index in [9.17, 15) is 43.8 Å². The first-order chi connectivity index (χ1) is 31.3. The summed E-state index contributed by atoms with van der Waals surface area (Å²) in [6.07, 6.45) is -15.1. The van der Waals surface area contributed by atoms with Crippen molar-refractivity contribution in [1.82, 2.24) is 10.2 Å². The highest BCUT2D eigenvalue weighted by Crippen LogP contribution is 2.67. The van der Waals surface area contributed by atoms with Crippen LogP contribution in [0.2, 0.25) is 0 Å². The summed E-state index contributed by atoms with van der Waals surface area (Å²) in [5.41, 5.74) is -11.2. The molecule has 2 heterocycles. The maximum atomic E-state index is 15.8. The summed E-state index contributed by atoms with van der Waals surface area (Å²) in [5, 5.41) is 26.7. The molecule has 0 radical (unpaired) electrons. The number of aliphatic hydroxyl groups is 2. The molecular formula is C48H64N2O18. The van der Waals surface area contributed by atoms with Crippen LogP contribution >= 0.6 is 0 Å². The Labute approximate surface area is 394 Å². The van der Waals surface area contributed by atoms with Crippen LogP contribution in [0.1, 0.15) is 114 Å². The molecular weight excluding hydrogens is 893 g/mol. The third-order valence-electron chi connectivity index (χ3n) is 13.8. The van der Waals surface area contributed by atoms with Crippen LogP contribution in [0.25, 0.3) is 0 Å². The minimum Gasteiger partial charge on any atom is -0.454 e. The maximum absolute atomic E-state index is 15.8. The third kappa shape index (κ3) is 8.60. The van der Waals surface area contributed by atoms with E-state index in [1.54, 1.807) is 52.8 Å². The summed E-state index contributed by atoms with van der Waals surface area (Å²) in [7, 11) is 0. The van der Waals surface area contributed by atoms with Crippen LogP contribution in [-0.4, -0.2) is 141 Å². The van der Waals surface area contributed by atoms with E-state index in [0.29, 0.717) is 4.90 Å². The molecule has 68 heavy (non-hydrogen) atoms. The predicted molar refractivity (Wildman–Crippen MR) is 234 cm³/mol. The van der Waals surface area contributed by atoms with Gasteiger partial charge in [-0.2, -0.15) is 0 Å². The molecule has 1 aromatic rings. The molecule has 6 rings (SSSR count). The third-order valence-corrected chi connectivity index (χ3v) is 13.8. The van der Waals surface area contributed by atoms with Gasteiger partial charge in [-0.1, -0.05) is 45.9 Å². The van der Waals surface area contributed by atoms with E-state index in [4.69, 9.17) is 37.9 Å². The van der Waals surface area contributed by atoms with Gasteiger partial charge in [0.25, 0.3) is 0 Å². The standard InChI is InChI=1S/C48H64N2O18/c1-22(2)30(49-40(58)66-43(6,7)8)31(54)39(57)63-32-23(3)29-33(62-24(4)51)36(55)46(14)27(53)20-28-47(21-61-28,65-25(5)52)34(46)37(64-38(56)26-18-16-15-17-19-26)48(45(29,12)13)35(32)50(42(60)68-48)41(59)67-44(9,10)11/h15-19,22,27-28,30-35,37,53-54H,20-21H2,1-14H3,(H,49,58)/t27-,28+,30-,31+,32+,33+,34-,35-,37-,46+,47-,48+/m0/s1. The Kier molecular flexibility index (Phi) is 13.5. The topological polar surface area (TPSA) is 266 Å². The molecule has 20 nitrogen and oxygen atoms in total. The Morgan fingerprint density at radius 3 is 2.00 bits per heavy atom. The molecule has 1 spiro atoms. The number of amides is 3. The zero-order valence-corrected chi connectivity index (χ0v) is 40.9. The van der Waals surface area contributed by atoms with E-state index in [0.717, 1.165) is 13.8 Å². The summed E-state index contributed by atoms with van der Waals surface area (Å²) in [5.74, 6) is -7.70.